The summed E-state index contributed by atoms with van der Waals surface area (Å²) >= 11 is 2.37. The minimum Gasteiger partial charge on any atom is -0.477 e. The fraction of sp³-hybridized carbons (Fsp3) is 0.0417. The van der Waals surface area contributed by atoms with E-state index in [1.54, 1.807) is 11.4 Å². The lowest BCUT2D eigenvalue weighted by atomic mass is 10.1. The van der Waals surface area contributed by atoms with E-state index >= 15 is 0 Å². The van der Waals surface area contributed by atoms with E-state index in [1.165, 1.54) is 30.4 Å². The first-order chi connectivity index (χ1) is 16.8. The van der Waals surface area contributed by atoms with Crippen molar-refractivity contribution in [2.45, 2.75) is 11.1 Å². The first-order valence-corrected chi connectivity index (χ1v) is 11.8. The Morgan fingerprint density at radius 2 is 1.86 bits per heavy atom. The maximum absolute atomic E-state index is 12.9. The largest absolute Gasteiger partial charge is 0.477 e. The van der Waals surface area contributed by atoms with Crippen molar-refractivity contribution in [3.63, 3.8) is 0 Å². The van der Waals surface area contributed by atoms with Gasteiger partial charge in [-0.15, -0.1) is 11.3 Å². The molecular weight excluding hydrogens is 497 g/mol. The van der Waals surface area contributed by atoms with Crippen molar-refractivity contribution >= 4 is 46.0 Å². The summed E-state index contributed by atoms with van der Waals surface area (Å²) in [7, 11) is 0. The number of rotatable bonds is 6. The van der Waals surface area contributed by atoms with Gasteiger partial charge in [-0.25, -0.2) is 14.8 Å². The highest BCUT2D eigenvalue weighted by molar-refractivity contribution is 8.00. The highest BCUT2D eigenvalue weighted by atomic mass is 32.2. The molecule has 2 N–H and O–H groups in total. The van der Waals surface area contributed by atoms with Crippen LogP contribution in [0.3, 0.4) is 0 Å². The molecule has 0 fully saturated rings. The van der Waals surface area contributed by atoms with Gasteiger partial charge in [0.15, 0.2) is 0 Å². The maximum atomic E-state index is 12.9. The van der Waals surface area contributed by atoms with Gasteiger partial charge in [0.25, 0.3) is 0 Å². The zero-order valence-electron chi connectivity index (χ0n) is 17.7. The Hall–Kier alpha value is -3.83. The first-order valence-electron chi connectivity index (χ1n) is 10.1. The number of thiophene rings is 1. The number of hydrogen-bond acceptors (Lipinski definition) is 6. The number of carboxylic acids is 1. The second-order valence-corrected chi connectivity index (χ2v) is 9.16. The van der Waals surface area contributed by atoms with Crippen molar-refractivity contribution in [2.75, 3.05) is 4.72 Å². The van der Waals surface area contributed by atoms with Gasteiger partial charge in [0, 0.05) is 28.5 Å². The molecule has 35 heavy (non-hydrogen) atoms. The van der Waals surface area contributed by atoms with Gasteiger partial charge in [0.2, 0.25) is 0 Å². The Morgan fingerprint density at radius 1 is 1.06 bits per heavy atom. The average Bonchev–Trinajstić information content (AvgIpc) is 3.50. The number of hydrogen-bond donors (Lipinski definition) is 2. The van der Waals surface area contributed by atoms with Crippen LogP contribution in [0, 0.1) is 0 Å². The quantitative estimate of drug-likeness (QED) is 0.239. The van der Waals surface area contributed by atoms with Gasteiger partial charge in [0.05, 0.1) is 16.2 Å². The summed E-state index contributed by atoms with van der Waals surface area (Å²) in [6, 6.07) is 15.9. The number of halogens is 3. The number of benzene rings is 2. The van der Waals surface area contributed by atoms with E-state index in [0.717, 1.165) is 34.8 Å². The predicted octanol–water partition coefficient (Wildman–Crippen LogP) is 6.99. The van der Waals surface area contributed by atoms with Gasteiger partial charge in [-0.1, -0.05) is 18.2 Å². The van der Waals surface area contributed by atoms with E-state index in [2.05, 4.69) is 14.7 Å². The van der Waals surface area contributed by atoms with Crippen LogP contribution in [-0.4, -0.2) is 25.6 Å². The van der Waals surface area contributed by atoms with Gasteiger partial charge >= 0.3 is 12.1 Å². The lowest BCUT2D eigenvalue weighted by molar-refractivity contribution is -0.137. The Morgan fingerprint density at radius 3 is 2.60 bits per heavy atom. The van der Waals surface area contributed by atoms with Crippen LogP contribution in [0.4, 0.5) is 18.9 Å². The van der Waals surface area contributed by atoms with E-state index in [9.17, 15) is 23.1 Å². The van der Waals surface area contributed by atoms with Crippen LogP contribution in [0.25, 0.3) is 28.0 Å². The molecule has 0 radical (unpaired) electrons. The summed E-state index contributed by atoms with van der Waals surface area (Å²) < 4.78 is 43.8. The molecule has 0 amide bonds. The zero-order chi connectivity index (χ0) is 24.6. The second kappa shape index (κ2) is 9.08. The van der Waals surface area contributed by atoms with Crippen LogP contribution in [-0.2, 0) is 6.18 Å². The molecular formula is C24H15F3N4O2S2. The molecule has 2 aromatic carbocycles. The predicted molar refractivity (Wildman–Crippen MR) is 130 cm³/mol. The van der Waals surface area contributed by atoms with E-state index in [4.69, 9.17) is 0 Å². The van der Waals surface area contributed by atoms with E-state index in [0.29, 0.717) is 27.2 Å². The number of aromatic nitrogens is 3. The molecule has 0 atom stereocenters. The van der Waals surface area contributed by atoms with Crippen molar-refractivity contribution in [3.8, 4) is 16.9 Å². The van der Waals surface area contributed by atoms with Crippen LogP contribution >= 0.6 is 23.3 Å². The van der Waals surface area contributed by atoms with E-state index < -0.39 is 17.7 Å². The molecule has 3 heterocycles. The molecule has 5 rings (SSSR count). The second-order valence-electron chi connectivity index (χ2n) is 7.39. The molecule has 6 nitrogen and oxygen atoms in total. The summed E-state index contributed by atoms with van der Waals surface area (Å²) in [5.74, 6) is -0.972. The Labute approximate surface area is 205 Å². The standard InChI is InChI=1S/C24H15F3N4O2S2/c25-24(26,27)15-6-4-14(5-7-15)20-18-8-10-31(22(18)29-13-28-20)17-3-1-2-16(12-17)30-35-19-9-11-34-21(19)23(32)33/h1-13,30H,(H,32,33). The highest BCUT2D eigenvalue weighted by Crippen LogP contribution is 2.33. The summed E-state index contributed by atoms with van der Waals surface area (Å²) in [5, 5.41) is 11.7. The van der Waals surface area contributed by atoms with Crippen LogP contribution < -0.4 is 4.72 Å². The number of fused-ring (bicyclic) bond motifs is 1. The van der Waals surface area contributed by atoms with Crippen molar-refractivity contribution < 1.29 is 23.1 Å². The summed E-state index contributed by atoms with van der Waals surface area (Å²) in [6.07, 6.45) is -1.20. The third-order valence-corrected chi connectivity index (χ3v) is 7.12. The van der Waals surface area contributed by atoms with Crippen LogP contribution in [0.1, 0.15) is 15.2 Å². The van der Waals surface area contributed by atoms with Crippen LogP contribution in [0.15, 0.2) is 83.5 Å². The molecule has 0 saturated heterocycles. The number of anilines is 1. The summed E-state index contributed by atoms with van der Waals surface area (Å²) in [6.45, 7) is 0. The van der Waals surface area contributed by atoms with Crippen molar-refractivity contribution in [1.82, 2.24) is 14.5 Å². The van der Waals surface area contributed by atoms with Gasteiger partial charge < -0.3 is 14.4 Å². The lowest BCUT2D eigenvalue weighted by Gasteiger charge is -2.10. The molecule has 0 aliphatic rings. The number of nitrogens with zero attached hydrogens (tertiary/aromatic N) is 3. The third-order valence-electron chi connectivity index (χ3n) is 5.19. The van der Waals surface area contributed by atoms with Crippen LogP contribution in [0.2, 0.25) is 0 Å². The van der Waals surface area contributed by atoms with Crippen molar-refractivity contribution in [1.29, 1.82) is 0 Å². The number of aromatic carboxylic acids is 1. The van der Waals surface area contributed by atoms with Crippen molar-refractivity contribution in [3.05, 3.63) is 89.0 Å². The van der Waals surface area contributed by atoms with E-state index in [-0.39, 0.29) is 4.88 Å². The summed E-state index contributed by atoms with van der Waals surface area (Å²) in [4.78, 5) is 20.9. The minimum atomic E-state index is -4.40. The fourth-order valence-corrected chi connectivity index (χ4v) is 5.23. The van der Waals surface area contributed by atoms with Crippen LogP contribution in [0.5, 0.6) is 0 Å². The molecule has 0 saturated carbocycles. The molecule has 0 bridgehead atoms. The Bertz CT molecular complexity index is 1530. The monoisotopic (exact) mass is 512 g/mol. The van der Waals surface area contributed by atoms with Gasteiger partial charge in [0.1, 0.15) is 16.9 Å². The molecule has 5 aromatic rings. The van der Waals surface area contributed by atoms with Gasteiger partial charge in [-0.05, 0) is 59.8 Å². The highest BCUT2D eigenvalue weighted by Gasteiger charge is 2.30. The summed E-state index contributed by atoms with van der Waals surface area (Å²) in [5.41, 5.74) is 2.53. The molecule has 0 spiro atoms. The number of carbonyl (C=O) groups is 1. The number of alkyl halides is 3. The third kappa shape index (κ3) is 4.60. The van der Waals surface area contributed by atoms with Crippen molar-refractivity contribution in [2.24, 2.45) is 0 Å². The van der Waals surface area contributed by atoms with Gasteiger partial charge in [-0.3, -0.25) is 0 Å². The molecule has 3 aromatic heterocycles. The zero-order valence-corrected chi connectivity index (χ0v) is 19.3. The topological polar surface area (TPSA) is 80.0 Å². The Kier molecular flexibility index (Phi) is 5.95. The SMILES string of the molecule is O=C(O)c1sccc1SNc1cccc(-n2ccc3c(-c4ccc(C(F)(F)F)cc4)ncnc32)c1. The normalized spacial score (nSPS) is 11.6. The fourth-order valence-electron chi connectivity index (χ4n) is 3.57. The minimum absolute atomic E-state index is 0.266. The Balaban J connectivity index is 1.44. The van der Waals surface area contributed by atoms with Gasteiger partial charge in [-0.2, -0.15) is 13.2 Å². The van der Waals surface area contributed by atoms with E-state index in [1.807, 2.05) is 41.1 Å². The molecule has 176 valence electrons. The molecule has 11 heteroatoms. The number of carboxylic acid groups (broad SMARTS) is 1. The number of nitrogens with one attached hydrogen (secondary N) is 1. The molecule has 0 aliphatic carbocycles. The lowest BCUT2D eigenvalue weighted by Crippen LogP contribution is -2.04. The molecule has 0 unspecified atom stereocenters. The smallest absolute Gasteiger partial charge is 0.416 e. The average molecular weight is 513 g/mol. The molecule has 0 aliphatic heterocycles. The first kappa shape index (κ1) is 22.9. The maximum Gasteiger partial charge on any atom is 0.416 e.